The van der Waals surface area contributed by atoms with Crippen molar-refractivity contribution in [2.45, 2.75) is 31.1 Å². The Morgan fingerprint density at radius 1 is 0.659 bits per heavy atom. The minimum atomic E-state index is -0.407. The first-order chi connectivity index (χ1) is 21.6. The lowest BCUT2D eigenvalue weighted by molar-refractivity contribution is 0.646. The fourth-order valence-electron chi connectivity index (χ4n) is 6.65. The van der Waals surface area contributed by atoms with Gasteiger partial charge in [-0.05, 0) is 93.6 Å². The van der Waals surface area contributed by atoms with Crippen LogP contribution in [0.3, 0.4) is 0 Å². The van der Waals surface area contributed by atoms with Crippen molar-refractivity contribution >= 4 is 16.5 Å². The number of hydrogen-bond donors (Lipinski definition) is 1. The molecule has 0 spiro atoms. The summed E-state index contributed by atoms with van der Waals surface area (Å²) in [6.07, 6.45) is 18.0. The molecule has 0 heterocycles. The highest BCUT2D eigenvalue weighted by molar-refractivity contribution is 5.95. The minimum absolute atomic E-state index is 0.407. The molecule has 44 heavy (non-hydrogen) atoms. The number of anilines is 1. The molecular weight excluding hydrogens is 530 g/mol. The number of allylic oxidation sites excluding steroid dienone is 8. The zero-order valence-electron chi connectivity index (χ0n) is 25.3. The van der Waals surface area contributed by atoms with Crippen LogP contribution in [-0.4, -0.2) is 0 Å². The lowest BCUT2D eigenvalue weighted by Gasteiger charge is -2.33. The van der Waals surface area contributed by atoms with Gasteiger partial charge in [0.25, 0.3) is 0 Å². The van der Waals surface area contributed by atoms with E-state index in [1.165, 1.54) is 44.2 Å². The predicted molar refractivity (Wildman–Crippen MR) is 190 cm³/mol. The third-order valence-corrected chi connectivity index (χ3v) is 8.76. The molecule has 0 saturated heterocycles. The van der Waals surface area contributed by atoms with Crippen molar-refractivity contribution in [2.24, 2.45) is 0 Å². The Kier molecular flexibility index (Phi) is 8.57. The Hall–Kier alpha value is -5.14. The lowest BCUT2D eigenvalue weighted by atomic mass is 9.69. The molecular formula is C43H39N. The van der Waals surface area contributed by atoms with Crippen LogP contribution in [0.1, 0.15) is 47.1 Å². The number of nitrogens with two attached hydrogens (primary N) is 1. The zero-order chi connectivity index (χ0) is 30.4. The summed E-state index contributed by atoms with van der Waals surface area (Å²) in [4.78, 5) is 0. The van der Waals surface area contributed by atoms with Crippen molar-refractivity contribution in [3.63, 3.8) is 0 Å². The molecule has 0 aromatic heterocycles. The highest BCUT2D eigenvalue weighted by atomic mass is 14.6. The first-order valence-corrected chi connectivity index (χ1v) is 15.4. The molecule has 2 N–H and O–H groups in total. The molecule has 216 valence electrons. The quantitative estimate of drug-likeness (QED) is 0.0955. The van der Waals surface area contributed by atoms with Crippen LogP contribution in [-0.2, 0) is 11.8 Å². The molecule has 0 bridgehead atoms. The van der Waals surface area contributed by atoms with Gasteiger partial charge in [0, 0.05) is 5.69 Å². The van der Waals surface area contributed by atoms with Gasteiger partial charge in [-0.1, -0.05) is 152 Å². The molecule has 5 aromatic carbocycles. The smallest absolute Gasteiger partial charge is 0.0518 e. The minimum Gasteiger partial charge on any atom is -0.398 e. The highest BCUT2D eigenvalue weighted by Gasteiger charge is 2.45. The molecule has 0 saturated carbocycles. The third-order valence-electron chi connectivity index (χ3n) is 8.76. The van der Waals surface area contributed by atoms with E-state index in [4.69, 9.17) is 5.73 Å². The van der Waals surface area contributed by atoms with E-state index >= 15 is 0 Å². The van der Waals surface area contributed by atoms with Gasteiger partial charge < -0.3 is 5.73 Å². The maximum atomic E-state index is 6.86. The van der Waals surface area contributed by atoms with Gasteiger partial charge in [0.05, 0.1) is 5.41 Å². The second kappa shape index (κ2) is 13.0. The Morgan fingerprint density at radius 2 is 1.39 bits per heavy atom. The summed E-state index contributed by atoms with van der Waals surface area (Å²) in [5.41, 5.74) is 17.4. The van der Waals surface area contributed by atoms with Crippen LogP contribution >= 0.6 is 0 Å². The van der Waals surface area contributed by atoms with Crippen LogP contribution in [0.25, 0.3) is 21.9 Å². The molecule has 0 radical (unpaired) electrons. The Morgan fingerprint density at radius 3 is 2.18 bits per heavy atom. The van der Waals surface area contributed by atoms with E-state index in [2.05, 4.69) is 128 Å². The largest absolute Gasteiger partial charge is 0.398 e. The maximum Gasteiger partial charge on any atom is 0.0518 e. The lowest BCUT2D eigenvalue weighted by Crippen LogP contribution is -2.27. The van der Waals surface area contributed by atoms with E-state index in [1.54, 1.807) is 6.08 Å². The van der Waals surface area contributed by atoms with Crippen LogP contribution in [0.2, 0.25) is 0 Å². The number of nitrogen functional groups attached to an aromatic ring is 1. The first-order valence-electron chi connectivity index (χ1n) is 15.4. The van der Waals surface area contributed by atoms with E-state index in [0.29, 0.717) is 0 Å². The average molecular weight is 570 g/mol. The average Bonchev–Trinajstić information content (AvgIpc) is 3.31. The monoisotopic (exact) mass is 569 g/mol. The van der Waals surface area contributed by atoms with E-state index in [1.807, 2.05) is 30.4 Å². The van der Waals surface area contributed by atoms with Gasteiger partial charge in [-0.15, -0.1) is 0 Å². The maximum absolute atomic E-state index is 6.86. The zero-order valence-corrected chi connectivity index (χ0v) is 25.3. The number of hydrogen-bond acceptors (Lipinski definition) is 1. The van der Waals surface area contributed by atoms with Crippen molar-refractivity contribution in [1.82, 2.24) is 0 Å². The van der Waals surface area contributed by atoms with Crippen molar-refractivity contribution < 1.29 is 0 Å². The van der Waals surface area contributed by atoms with E-state index in [-0.39, 0.29) is 0 Å². The SMILES string of the molecule is C=C/C=C\C=C/C(=C)CC/C=C\CC1(c2ccccc2N)c2cc(Cc3ccccc3)ccc2-c2cc3ccccc3cc21. The second-order valence-corrected chi connectivity index (χ2v) is 11.6. The summed E-state index contributed by atoms with van der Waals surface area (Å²) < 4.78 is 0. The van der Waals surface area contributed by atoms with Crippen LogP contribution < -0.4 is 5.73 Å². The van der Waals surface area contributed by atoms with Crippen LogP contribution in [0, 0.1) is 0 Å². The van der Waals surface area contributed by atoms with Crippen LogP contribution in [0.5, 0.6) is 0 Å². The van der Waals surface area contributed by atoms with E-state index in [0.717, 1.165) is 42.5 Å². The molecule has 1 unspecified atom stereocenters. The van der Waals surface area contributed by atoms with Crippen molar-refractivity contribution in [1.29, 1.82) is 0 Å². The fraction of sp³-hybridized carbons (Fsp3) is 0.116. The van der Waals surface area contributed by atoms with Gasteiger partial charge in [0.2, 0.25) is 0 Å². The van der Waals surface area contributed by atoms with Gasteiger partial charge in [-0.3, -0.25) is 0 Å². The van der Waals surface area contributed by atoms with E-state index in [9.17, 15) is 0 Å². The summed E-state index contributed by atoms with van der Waals surface area (Å²) >= 11 is 0. The standard InChI is InChI=1S/C43H39N/c1-3-4-5-8-17-32(2)18-9-7-16-27-43(39-23-14-15-24-42(39)44)40-29-34(28-33-19-10-6-11-20-33)25-26-37(40)38-30-35-21-12-13-22-36(35)31-41(38)43/h3-8,10-17,19-26,29-31H,1-2,9,18,27-28,44H2/b5-4-,16-7-,17-8-. The topological polar surface area (TPSA) is 26.0 Å². The van der Waals surface area contributed by atoms with Crippen LogP contribution in [0.15, 0.2) is 170 Å². The van der Waals surface area contributed by atoms with Crippen molar-refractivity contribution in [3.05, 3.63) is 198 Å². The van der Waals surface area contributed by atoms with Crippen LogP contribution in [0.4, 0.5) is 5.69 Å². The molecule has 5 aromatic rings. The van der Waals surface area contributed by atoms with Crippen molar-refractivity contribution in [2.75, 3.05) is 5.73 Å². The van der Waals surface area contributed by atoms with Gasteiger partial charge in [0.1, 0.15) is 0 Å². The highest BCUT2D eigenvalue weighted by Crippen LogP contribution is 2.56. The Labute approximate surface area is 262 Å². The molecule has 1 atom stereocenters. The van der Waals surface area contributed by atoms with Gasteiger partial charge in [-0.25, -0.2) is 0 Å². The van der Waals surface area contributed by atoms with Gasteiger partial charge >= 0.3 is 0 Å². The summed E-state index contributed by atoms with van der Waals surface area (Å²) in [6.45, 7) is 7.96. The number of benzene rings is 5. The summed E-state index contributed by atoms with van der Waals surface area (Å²) in [6, 6.07) is 39.7. The fourth-order valence-corrected chi connectivity index (χ4v) is 6.65. The van der Waals surface area contributed by atoms with Gasteiger partial charge in [-0.2, -0.15) is 0 Å². The molecule has 0 amide bonds. The second-order valence-electron chi connectivity index (χ2n) is 11.6. The summed E-state index contributed by atoms with van der Waals surface area (Å²) in [5.74, 6) is 0. The van der Waals surface area contributed by atoms with E-state index < -0.39 is 5.41 Å². The molecule has 1 nitrogen and oxygen atoms in total. The first kappa shape index (κ1) is 29.0. The summed E-state index contributed by atoms with van der Waals surface area (Å²) in [7, 11) is 0. The van der Waals surface area contributed by atoms with Gasteiger partial charge in [0.15, 0.2) is 0 Å². The molecule has 0 fully saturated rings. The number of rotatable bonds is 11. The number of para-hydroxylation sites is 1. The normalized spacial score (nSPS) is 15.7. The predicted octanol–water partition coefficient (Wildman–Crippen LogP) is 10.9. The summed E-state index contributed by atoms with van der Waals surface area (Å²) in [5, 5.41) is 2.51. The molecule has 6 rings (SSSR count). The molecule has 1 aliphatic rings. The molecule has 1 heteroatoms. The Bertz CT molecular complexity index is 1900. The Balaban J connectivity index is 1.45. The third kappa shape index (κ3) is 5.74. The number of fused-ring (bicyclic) bond motifs is 4. The molecule has 1 aliphatic carbocycles. The molecule has 0 aliphatic heterocycles. The van der Waals surface area contributed by atoms with Crippen molar-refractivity contribution in [3.8, 4) is 11.1 Å².